The van der Waals surface area contributed by atoms with Crippen LogP contribution in [-0.4, -0.2) is 24.0 Å². The van der Waals surface area contributed by atoms with Crippen molar-refractivity contribution >= 4 is 23.5 Å². The molecule has 108 valence electrons. The number of hydrogen-bond acceptors (Lipinski definition) is 3. The Balaban J connectivity index is 2.32. The number of esters is 1. The molecule has 0 heterocycles. The van der Waals surface area contributed by atoms with E-state index in [-0.39, 0.29) is 11.9 Å². The molecule has 2 rings (SSSR count). The maximum Gasteiger partial charge on any atom is 0.332 e. The van der Waals surface area contributed by atoms with Gasteiger partial charge in [0.1, 0.15) is 5.54 Å². The van der Waals surface area contributed by atoms with Crippen molar-refractivity contribution in [1.82, 2.24) is 5.32 Å². The van der Waals surface area contributed by atoms with Crippen molar-refractivity contribution < 1.29 is 14.3 Å². The monoisotopic (exact) mass is 295 g/mol. The number of carbonyl (C=O) groups excluding carboxylic acids is 2. The third kappa shape index (κ3) is 2.80. The minimum atomic E-state index is -0.977. The van der Waals surface area contributed by atoms with E-state index in [1.807, 2.05) is 18.2 Å². The highest BCUT2D eigenvalue weighted by Gasteiger charge is 2.45. The number of nitrogens with one attached hydrogen (secondary N) is 1. The van der Waals surface area contributed by atoms with Gasteiger partial charge >= 0.3 is 5.97 Å². The number of rotatable bonds is 4. The summed E-state index contributed by atoms with van der Waals surface area (Å²) in [4.78, 5) is 23.7. The Kier molecular flexibility index (Phi) is 4.33. The SMILES string of the molecule is CCOC(=O)C1(NC(C)=O)Cc2ccc(CCl)cc2C1. The predicted octanol–water partition coefficient (Wildman–Crippen LogP) is 1.96. The van der Waals surface area contributed by atoms with E-state index in [2.05, 4.69) is 5.32 Å². The number of alkyl halides is 1. The summed E-state index contributed by atoms with van der Waals surface area (Å²) in [6.45, 7) is 3.46. The van der Waals surface area contributed by atoms with Gasteiger partial charge in [0.2, 0.25) is 5.91 Å². The van der Waals surface area contributed by atoms with Crippen molar-refractivity contribution in [2.24, 2.45) is 0 Å². The zero-order chi connectivity index (χ0) is 14.8. The van der Waals surface area contributed by atoms with Gasteiger partial charge in [0.05, 0.1) is 6.61 Å². The minimum Gasteiger partial charge on any atom is -0.464 e. The number of carbonyl (C=O) groups is 2. The largest absolute Gasteiger partial charge is 0.464 e. The van der Waals surface area contributed by atoms with Crippen molar-refractivity contribution in [2.75, 3.05) is 6.61 Å². The van der Waals surface area contributed by atoms with E-state index in [0.717, 1.165) is 16.7 Å². The van der Waals surface area contributed by atoms with Crippen LogP contribution in [0.25, 0.3) is 0 Å². The molecule has 1 atom stereocenters. The second-order valence-corrected chi connectivity index (χ2v) is 5.34. The molecule has 1 aromatic carbocycles. The maximum atomic E-state index is 12.3. The Morgan fingerprint density at radius 1 is 1.35 bits per heavy atom. The van der Waals surface area contributed by atoms with E-state index in [0.29, 0.717) is 25.3 Å². The highest BCUT2D eigenvalue weighted by Crippen LogP contribution is 2.32. The van der Waals surface area contributed by atoms with Crippen LogP contribution >= 0.6 is 11.6 Å². The lowest BCUT2D eigenvalue weighted by molar-refractivity contribution is -0.152. The quantitative estimate of drug-likeness (QED) is 0.682. The summed E-state index contributed by atoms with van der Waals surface area (Å²) in [5.74, 6) is -0.179. The minimum absolute atomic E-state index is 0.233. The molecule has 1 aromatic rings. The fraction of sp³-hybridized carbons (Fsp3) is 0.467. The first kappa shape index (κ1) is 14.9. The second-order valence-electron chi connectivity index (χ2n) is 5.07. The van der Waals surface area contributed by atoms with Crippen LogP contribution in [0.4, 0.5) is 0 Å². The molecule has 0 fully saturated rings. The van der Waals surface area contributed by atoms with Gasteiger partial charge in [0, 0.05) is 25.6 Å². The van der Waals surface area contributed by atoms with Crippen LogP contribution < -0.4 is 5.32 Å². The fourth-order valence-corrected chi connectivity index (χ4v) is 2.87. The highest BCUT2D eigenvalue weighted by atomic mass is 35.5. The number of halogens is 1. The Morgan fingerprint density at radius 2 is 2.05 bits per heavy atom. The normalized spacial score (nSPS) is 20.4. The second kappa shape index (κ2) is 5.83. The standard InChI is InChI=1S/C15H18ClNO3/c1-3-20-14(19)15(17-10(2)18)7-12-5-4-11(9-16)6-13(12)8-15/h4-6H,3,7-9H2,1-2H3,(H,17,18). The molecule has 0 aliphatic heterocycles. The molecule has 1 aliphatic rings. The Labute approximate surface area is 123 Å². The van der Waals surface area contributed by atoms with Crippen molar-refractivity contribution in [3.63, 3.8) is 0 Å². The molecule has 0 spiro atoms. The first-order valence-electron chi connectivity index (χ1n) is 6.63. The van der Waals surface area contributed by atoms with Crippen molar-refractivity contribution in [1.29, 1.82) is 0 Å². The van der Waals surface area contributed by atoms with E-state index < -0.39 is 5.54 Å². The average Bonchev–Trinajstić information content (AvgIpc) is 2.76. The van der Waals surface area contributed by atoms with E-state index in [9.17, 15) is 9.59 Å². The van der Waals surface area contributed by atoms with Crippen molar-refractivity contribution in [2.45, 2.75) is 38.1 Å². The molecule has 1 unspecified atom stereocenters. The van der Waals surface area contributed by atoms with Crippen LogP contribution in [0.15, 0.2) is 18.2 Å². The van der Waals surface area contributed by atoms with Gasteiger partial charge in [-0.25, -0.2) is 4.79 Å². The lowest BCUT2D eigenvalue weighted by Crippen LogP contribution is -2.55. The van der Waals surface area contributed by atoms with Crippen LogP contribution in [0.2, 0.25) is 0 Å². The summed E-state index contributed by atoms with van der Waals surface area (Å²) in [6, 6.07) is 5.90. The third-order valence-electron chi connectivity index (χ3n) is 3.49. The molecule has 0 radical (unpaired) electrons. The summed E-state index contributed by atoms with van der Waals surface area (Å²) in [7, 11) is 0. The molecule has 20 heavy (non-hydrogen) atoms. The maximum absolute atomic E-state index is 12.3. The Bertz CT molecular complexity index is 544. The fourth-order valence-electron chi connectivity index (χ4n) is 2.70. The topological polar surface area (TPSA) is 55.4 Å². The molecule has 5 heteroatoms. The van der Waals surface area contributed by atoms with E-state index >= 15 is 0 Å². The van der Waals surface area contributed by atoms with Gasteiger partial charge in [-0.2, -0.15) is 0 Å². The van der Waals surface area contributed by atoms with Crippen LogP contribution in [0.5, 0.6) is 0 Å². The summed E-state index contributed by atoms with van der Waals surface area (Å²) in [6.07, 6.45) is 0.911. The van der Waals surface area contributed by atoms with Gasteiger partial charge in [-0.15, -0.1) is 11.6 Å². The average molecular weight is 296 g/mol. The first-order valence-corrected chi connectivity index (χ1v) is 7.17. The molecule has 1 amide bonds. The molecule has 0 saturated carbocycles. The highest BCUT2D eigenvalue weighted by molar-refractivity contribution is 6.17. The molecular formula is C15H18ClNO3. The number of amides is 1. The van der Waals surface area contributed by atoms with Crippen LogP contribution in [0.1, 0.15) is 30.5 Å². The number of benzene rings is 1. The van der Waals surface area contributed by atoms with E-state index in [1.165, 1.54) is 6.92 Å². The third-order valence-corrected chi connectivity index (χ3v) is 3.80. The van der Waals surface area contributed by atoms with Crippen LogP contribution in [0, 0.1) is 0 Å². The van der Waals surface area contributed by atoms with Crippen LogP contribution in [0.3, 0.4) is 0 Å². The van der Waals surface area contributed by atoms with Gasteiger partial charge in [0.15, 0.2) is 0 Å². The molecule has 1 aliphatic carbocycles. The lowest BCUT2D eigenvalue weighted by Gasteiger charge is -2.27. The van der Waals surface area contributed by atoms with Gasteiger partial charge in [-0.3, -0.25) is 4.79 Å². The van der Waals surface area contributed by atoms with Crippen molar-refractivity contribution in [3.05, 3.63) is 34.9 Å². The zero-order valence-corrected chi connectivity index (χ0v) is 12.4. The van der Waals surface area contributed by atoms with Crippen molar-refractivity contribution in [3.8, 4) is 0 Å². The summed E-state index contributed by atoms with van der Waals surface area (Å²) < 4.78 is 5.14. The smallest absolute Gasteiger partial charge is 0.332 e. The molecular weight excluding hydrogens is 278 g/mol. The summed E-state index contributed by atoms with van der Waals surface area (Å²) in [5, 5.41) is 2.78. The Hall–Kier alpha value is -1.55. The molecule has 1 N–H and O–H groups in total. The number of fused-ring (bicyclic) bond motifs is 1. The molecule has 4 nitrogen and oxygen atoms in total. The van der Waals surface area contributed by atoms with E-state index in [4.69, 9.17) is 16.3 Å². The Morgan fingerprint density at radius 3 is 2.65 bits per heavy atom. The summed E-state index contributed by atoms with van der Waals surface area (Å²) in [5.41, 5.74) is 2.13. The molecule has 0 aromatic heterocycles. The van der Waals surface area contributed by atoms with Gasteiger partial charge in [-0.1, -0.05) is 18.2 Å². The molecule has 0 bridgehead atoms. The molecule has 0 saturated heterocycles. The lowest BCUT2D eigenvalue weighted by atomic mass is 9.95. The van der Waals surface area contributed by atoms with E-state index in [1.54, 1.807) is 6.92 Å². The van der Waals surface area contributed by atoms with Gasteiger partial charge in [-0.05, 0) is 23.6 Å². The number of hydrogen-bond donors (Lipinski definition) is 1. The first-order chi connectivity index (χ1) is 9.50. The van der Waals surface area contributed by atoms with Gasteiger partial charge in [0.25, 0.3) is 0 Å². The summed E-state index contributed by atoms with van der Waals surface area (Å²) >= 11 is 5.83. The van der Waals surface area contributed by atoms with Crippen LogP contribution in [-0.2, 0) is 33.0 Å². The van der Waals surface area contributed by atoms with Gasteiger partial charge < -0.3 is 10.1 Å². The predicted molar refractivity (Wildman–Crippen MR) is 76.6 cm³/mol. The zero-order valence-electron chi connectivity index (χ0n) is 11.7. The number of ether oxygens (including phenoxy) is 1.